The smallest absolute Gasteiger partial charge is 0.410 e. The summed E-state index contributed by atoms with van der Waals surface area (Å²) in [5.41, 5.74) is 2.31. The van der Waals surface area contributed by atoms with Gasteiger partial charge in [-0.15, -0.1) is 0 Å². The predicted octanol–water partition coefficient (Wildman–Crippen LogP) is 4.51. The van der Waals surface area contributed by atoms with Gasteiger partial charge in [-0.25, -0.2) is 9.59 Å². The van der Waals surface area contributed by atoms with E-state index in [4.69, 9.17) is 9.47 Å². The Balaban J connectivity index is 0.941. The number of urea groups is 1. The molecule has 5 amide bonds. The van der Waals surface area contributed by atoms with Gasteiger partial charge >= 0.3 is 12.1 Å². The molecular weight excluding hydrogens is 586 g/mol. The molecular formula is C35H45N5O6. The lowest BCUT2D eigenvalue weighted by atomic mass is 9.65. The van der Waals surface area contributed by atoms with Gasteiger partial charge in [0.05, 0.1) is 12.8 Å². The largest absolute Gasteiger partial charge is 0.495 e. The van der Waals surface area contributed by atoms with Crippen molar-refractivity contribution in [2.45, 2.75) is 51.6 Å². The van der Waals surface area contributed by atoms with Crippen molar-refractivity contribution in [1.82, 2.24) is 20.0 Å². The first-order valence-electron chi connectivity index (χ1n) is 16.6. The summed E-state index contributed by atoms with van der Waals surface area (Å²) in [4.78, 5) is 57.9. The van der Waals surface area contributed by atoms with Crippen LogP contribution in [0.2, 0.25) is 0 Å². The first-order chi connectivity index (χ1) is 22.3. The van der Waals surface area contributed by atoms with Gasteiger partial charge in [0.15, 0.2) is 0 Å². The van der Waals surface area contributed by atoms with Crippen LogP contribution in [0.5, 0.6) is 5.75 Å². The van der Waals surface area contributed by atoms with Crippen LogP contribution in [0.1, 0.15) is 60.9 Å². The molecule has 3 saturated heterocycles. The second-order valence-corrected chi connectivity index (χ2v) is 13.2. The molecule has 1 saturated carbocycles. The number of benzene rings is 2. The highest BCUT2D eigenvalue weighted by Crippen LogP contribution is 2.46. The maximum atomic E-state index is 13.6. The molecule has 46 heavy (non-hydrogen) atoms. The summed E-state index contributed by atoms with van der Waals surface area (Å²) in [5.74, 6) is 0.810. The summed E-state index contributed by atoms with van der Waals surface area (Å²) in [6.45, 7) is 6.25. The zero-order valence-corrected chi connectivity index (χ0v) is 26.7. The summed E-state index contributed by atoms with van der Waals surface area (Å²) in [7, 11) is 1.53. The fourth-order valence-electron chi connectivity index (χ4n) is 7.46. The maximum absolute atomic E-state index is 13.6. The van der Waals surface area contributed by atoms with Crippen molar-refractivity contribution in [1.29, 1.82) is 0 Å². The number of likely N-dealkylation sites (tertiary alicyclic amines) is 1. The molecule has 2 aromatic carbocycles. The number of carbonyl (C=O) groups is 4. The molecule has 11 heteroatoms. The van der Waals surface area contributed by atoms with Gasteiger partial charge in [0.25, 0.3) is 5.91 Å². The molecule has 6 rings (SSSR count). The minimum atomic E-state index is -0.504. The number of anilines is 1. The number of piperidine rings is 1. The monoisotopic (exact) mass is 631 g/mol. The van der Waals surface area contributed by atoms with E-state index in [-0.39, 0.29) is 30.9 Å². The molecule has 4 fully saturated rings. The number of piperazine rings is 1. The van der Waals surface area contributed by atoms with E-state index < -0.39 is 6.03 Å². The average Bonchev–Trinajstić information content (AvgIpc) is 3.09. The van der Waals surface area contributed by atoms with Gasteiger partial charge in [-0.2, -0.15) is 0 Å². The van der Waals surface area contributed by atoms with E-state index in [2.05, 4.69) is 10.2 Å². The Morgan fingerprint density at radius 3 is 2.26 bits per heavy atom. The van der Waals surface area contributed by atoms with Crippen molar-refractivity contribution >= 4 is 29.6 Å². The predicted molar refractivity (Wildman–Crippen MR) is 173 cm³/mol. The van der Waals surface area contributed by atoms with Crippen LogP contribution in [0.3, 0.4) is 0 Å². The molecule has 4 aliphatic rings. The molecule has 3 heterocycles. The van der Waals surface area contributed by atoms with E-state index in [1.54, 1.807) is 18.2 Å². The zero-order chi connectivity index (χ0) is 32.1. The normalized spacial score (nSPS) is 20.8. The van der Waals surface area contributed by atoms with Crippen LogP contribution in [0, 0.1) is 11.3 Å². The second-order valence-electron chi connectivity index (χ2n) is 13.2. The van der Waals surface area contributed by atoms with Gasteiger partial charge in [-0.3, -0.25) is 24.7 Å². The zero-order valence-electron chi connectivity index (χ0n) is 26.7. The van der Waals surface area contributed by atoms with Crippen molar-refractivity contribution in [3.05, 3.63) is 59.7 Å². The summed E-state index contributed by atoms with van der Waals surface area (Å²) in [6.07, 6.45) is 6.79. The van der Waals surface area contributed by atoms with Gasteiger partial charge in [-0.05, 0) is 73.6 Å². The summed E-state index contributed by atoms with van der Waals surface area (Å²) in [6, 6.07) is 14.5. The Morgan fingerprint density at radius 2 is 1.59 bits per heavy atom. The highest BCUT2D eigenvalue weighted by atomic mass is 16.6. The molecule has 11 nitrogen and oxygen atoms in total. The number of nitrogens with zero attached hydrogens (tertiary/aromatic N) is 4. The lowest BCUT2D eigenvalue weighted by molar-refractivity contribution is -0.120. The third kappa shape index (κ3) is 7.30. The number of nitrogens with one attached hydrogen (secondary N) is 1. The number of imide groups is 1. The molecule has 2 aromatic rings. The molecule has 0 aromatic heterocycles. The van der Waals surface area contributed by atoms with Crippen molar-refractivity contribution in [3.63, 3.8) is 0 Å². The van der Waals surface area contributed by atoms with Crippen LogP contribution in [0.4, 0.5) is 15.3 Å². The quantitative estimate of drug-likeness (QED) is 0.479. The third-order valence-electron chi connectivity index (χ3n) is 10.4. The van der Waals surface area contributed by atoms with Crippen LogP contribution in [-0.4, -0.2) is 98.1 Å². The number of rotatable bonds is 7. The molecule has 3 aliphatic heterocycles. The highest BCUT2D eigenvalue weighted by molar-refractivity contribution is 6.07. The SMILES string of the molecule is COc1ccc(C(=O)N2CCC3(CCC(CN4CCN(C(=O)OCc5ccccc5)CC4)CC3)CC2)cc1N1CCC(=O)NC1=O. The molecule has 0 atom stereocenters. The van der Waals surface area contributed by atoms with E-state index in [1.807, 2.05) is 40.1 Å². The Hall–Kier alpha value is -4.12. The van der Waals surface area contributed by atoms with E-state index in [1.165, 1.54) is 37.7 Å². The highest BCUT2D eigenvalue weighted by Gasteiger charge is 2.40. The Morgan fingerprint density at radius 1 is 0.870 bits per heavy atom. The van der Waals surface area contributed by atoms with Crippen molar-refractivity contribution in [2.24, 2.45) is 11.3 Å². The van der Waals surface area contributed by atoms with Crippen LogP contribution in [0.25, 0.3) is 0 Å². The van der Waals surface area contributed by atoms with Gasteiger partial charge in [0.1, 0.15) is 12.4 Å². The van der Waals surface area contributed by atoms with Gasteiger partial charge in [-0.1, -0.05) is 30.3 Å². The number of methoxy groups -OCH3 is 1. The number of ether oxygens (including phenoxy) is 2. The fraction of sp³-hybridized carbons (Fsp3) is 0.543. The molecule has 246 valence electrons. The molecule has 0 bridgehead atoms. The third-order valence-corrected chi connectivity index (χ3v) is 10.4. The van der Waals surface area contributed by atoms with Crippen molar-refractivity contribution < 1.29 is 28.7 Å². The molecule has 1 spiro atoms. The number of carbonyl (C=O) groups excluding carboxylic acids is 4. The maximum Gasteiger partial charge on any atom is 0.410 e. The average molecular weight is 632 g/mol. The molecule has 0 radical (unpaired) electrons. The van der Waals surface area contributed by atoms with Gasteiger partial charge in [0.2, 0.25) is 5.91 Å². The van der Waals surface area contributed by atoms with Crippen LogP contribution in [-0.2, 0) is 16.1 Å². The van der Waals surface area contributed by atoms with E-state index >= 15 is 0 Å². The molecule has 0 unspecified atom stereocenters. The van der Waals surface area contributed by atoms with Crippen molar-refractivity contribution in [3.8, 4) is 5.75 Å². The first-order valence-corrected chi connectivity index (χ1v) is 16.6. The summed E-state index contributed by atoms with van der Waals surface area (Å²) < 4.78 is 11.0. The Bertz CT molecular complexity index is 1410. The van der Waals surface area contributed by atoms with Crippen LogP contribution >= 0.6 is 0 Å². The molecule has 1 N–H and O–H groups in total. The lowest BCUT2D eigenvalue weighted by Gasteiger charge is -2.47. The number of hydrogen-bond acceptors (Lipinski definition) is 7. The van der Waals surface area contributed by atoms with E-state index in [0.29, 0.717) is 48.0 Å². The van der Waals surface area contributed by atoms with Gasteiger partial charge < -0.3 is 19.3 Å². The van der Waals surface area contributed by atoms with Crippen LogP contribution < -0.4 is 15.0 Å². The van der Waals surface area contributed by atoms with Crippen molar-refractivity contribution in [2.75, 3.05) is 64.4 Å². The topological polar surface area (TPSA) is 112 Å². The summed E-state index contributed by atoms with van der Waals surface area (Å²) >= 11 is 0. The fourth-order valence-corrected chi connectivity index (χ4v) is 7.46. The molecule has 1 aliphatic carbocycles. The summed E-state index contributed by atoms with van der Waals surface area (Å²) in [5, 5.41) is 2.34. The van der Waals surface area contributed by atoms with Gasteiger partial charge in [0, 0.05) is 64.3 Å². The lowest BCUT2D eigenvalue weighted by Crippen LogP contribution is -2.50. The van der Waals surface area contributed by atoms with Crippen LogP contribution in [0.15, 0.2) is 48.5 Å². The first kappa shape index (κ1) is 31.8. The minimum absolute atomic E-state index is 0.0379. The van der Waals surface area contributed by atoms with E-state index in [9.17, 15) is 19.2 Å². The second kappa shape index (κ2) is 14.1. The Kier molecular flexibility index (Phi) is 9.77. The number of amides is 5. The standard InChI is InChI=1S/C35H45N5O6/c1-45-30-8-7-28(23-29(30)40-16-11-31(41)36-33(40)43)32(42)38-17-14-35(15-18-38)12-9-26(10-13-35)24-37-19-21-39(22-20-37)34(44)46-25-27-5-3-2-4-6-27/h2-8,23,26H,9-22,24-25H2,1H3,(H,36,41,43). The van der Waals surface area contributed by atoms with E-state index in [0.717, 1.165) is 51.1 Å². The Labute approximate surface area is 270 Å². The number of hydrogen-bond donors (Lipinski definition) is 1. The minimum Gasteiger partial charge on any atom is -0.495 e.